The molecule has 0 bridgehead atoms. The Morgan fingerprint density at radius 3 is 2.82 bits per heavy atom. The number of benzene rings is 1. The zero-order chi connectivity index (χ0) is 15.5. The molecular weight excluding hydrogens is 307 g/mol. The van der Waals surface area contributed by atoms with E-state index in [1.165, 1.54) is 12.3 Å². The van der Waals surface area contributed by atoms with Gasteiger partial charge in [0.1, 0.15) is 11.6 Å². The number of rotatable bonds is 5. The van der Waals surface area contributed by atoms with Gasteiger partial charge in [-0.1, -0.05) is 23.4 Å². The molecule has 2 atom stereocenters. The second-order valence-corrected chi connectivity index (χ2v) is 6.44. The molecule has 5 nitrogen and oxygen atoms in total. The fourth-order valence-corrected chi connectivity index (χ4v) is 3.10. The summed E-state index contributed by atoms with van der Waals surface area (Å²) in [5.41, 5.74) is 0.409. The van der Waals surface area contributed by atoms with Crippen LogP contribution in [0.1, 0.15) is 23.6 Å². The van der Waals surface area contributed by atoms with Crippen molar-refractivity contribution in [2.75, 3.05) is 0 Å². The summed E-state index contributed by atoms with van der Waals surface area (Å²) in [5, 5.41) is 3.30. The van der Waals surface area contributed by atoms with E-state index in [-0.39, 0.29) is 17.5 Å². The highest BCUT2D eigenvalue weighted by Gasteiger charge is 2.20. The van der Waals surface area contributed by atoms with E-state index in [4.69, 9.17) is 8.94 Å². The van der Waals surface area contributed by atoms with E-state index in [2.05, 4.69) is 10.1 Å². The largest absolute Gasteiger partial charge is 0.461 e. The SMILES string of the molecule is CC(c1ccccc1F)S(=O)Cc1nc(-c2ccco2)no1. The Kier molecular flexibility index (Phi) is 4.15. The first-order valence-corrected chi connectivity index (χ1v) is 8.01. The van der Waals surface area contributed by atoms with Crippen molar-refractivity contribution in [3.63, 3.8) is 0 Å². The summed E-state index contributed by atoms with van der Waals surface area (Å²) < 4.78 is 36.3. The summed E-state index contributed by atoms with van der Waals surface area (Å²) in [4.78, 5) is 4.13. The van der Waals surface area contributed by atoms with Gasteiger partial charge in [0.25, 0.3) is 0 Å². The normalized spacial score (nSPS) is 13.9. The molecule has 0 saturated carbocycles. The van der Waals surface area contributed by atoms with Gasteiger partial charge in [-0.3, -0.25) is 4.21 Å². The molecule has 2 aromatic heterocycles. The Hall–Kier alpha value is -2.28. The maximum absolute atomic E-state index is 13.7. The summed E-state index contributed by atoms with van der Waals surface area (Å²) in [5.74, 6) is 0.694. The molecule has 0 aliphatic carbocycles. The maximum atomic E-state index is 13.7. The van der Waals surface area contributed by atoms with Crippen LogP contribution in [0.5, 0.6) is 0 Å². The minimum absolute atomic E-state index is 0.0587. The van der Waals surface area contributed by atoms with Crippen molar-refractivity contribution < 1.29 is 17.5 Å². The van der Waals surface area contributed by atoms with E-state index in [9.17, 15) is 8.60 Å². The molecule has 0 spiro atoms. The monoisotopic (exact) mass is 320 g/mol. The third-order valence-electron chi connectivity index (χ3n) is 3.21. The van der Waals surface area contributed by atoms with Crippen molar-refractivity contribution in [3.05, 3.63) is 59.9 Å². The van der Waals surface area contributed by atoms with Gasteiger partial charge in [0.2, 0.25) is 11.7 Å². The van der Waals surface area contributed by atoms with Crippen LogP contribution >= 0.6 is 0 Å². The quantitative estimate of drug-likeness (QED) is 0.720. The van der Waals surface area contributed by atoms with Crippen molar-refractivity contribution >= 4 is 10.8 Å². The molecule has 7 heteroatoms. The first-order valence-electron chi connectivity index (χ1n) is 6.63. The Bertz CT molecular complexity index is 786. The molecule has 0 saturated heterocycles. The molecule has 2 unspecified atom stereocenters. The molecule has 2 heterocycles. The van der Waals surface area contributed by atoms with E-state index in [1.807, 2.05) is 0 Å². The van der Waals surface area contributed by atoms with Crippen molar-refractivity contribution in [2.45, 2.75) is 17.9 Å². The number of hydrogen-bond donors (Lipinski definition) is 0. The van der Waals surface area contributed by atoms with E-state index in [0.29, 0.717) is 17.1 Å². The fraction of sp³-hybridized carbons (Fsp3) is 0.200. The molecule has 1 aromatic carbocycles. The highest BCUT2D eigenvalue weighted by Crippen LogP contribution is 2.24. The van der Waals surface area contributed by atoms with Gasteiger partial charge in [-0.25, -0.2) is 4.39 Å². The van der Waals surface area contributed by atoms with E-state index in [1.54, 1.807) is 37.3 Å². The lowest BCUT2D eigenvalue weighted by molar-refractivity contribution is 0.389. The summed E-state index contributed by atoms with van der Waals surface area (Å²) in [6, 6.07) is 9.71. The molecule has 3 aromatic rings. The van der Waals surface area contributed by atoms with Crippen LogP contribution in [-0.2, 0) is 16.6 Å². The lowest BCUT2D eigenvalue weighted by Gasteiger charge is -2.11. The number of halogens is 1. The molecule has 0 radical (unpaired) electrons. The van der Waals surface area contributed by atoms with Crippen LogP contribution in [0, 0.1) is 5.82 Å². The lowest BCUT2D eigenvalue weighted by atomic mass is 10.1. The highest BCUT2D eigenvalue weighted by molar-refractivity contribution is 7.84. The topological polar surface area (TPSA) is 69.1 Å². The molecule has 0 amide bonds. The number of nitrogens with zero attached hydrogens (tertiary/aromatic N) is 2. The van der Waals surface area contributed by atoms with Crippen LogP contribution in [-0.4, -0.2) is 14.3 Å². The smallest absolute Gasteiger partial charge is 0.239 e. The zero-order valence-corrected chi connectivity index (χ0v) is 12.5. The van der Waals surface area contributed by atoms with E-state index in [0.717, 1.165) is 0 Å². The lowest BCUT2D eigenvalue weighted by Crippen LogP contribution is -2.07. The van der Waals surface area contributed by atoms with Crippen LogP contribution < -0.4 is 0 Å². The average molecular weight is 320 g/mol. The summed E-state index contributed by atoms with van der Waals surface area (Å²) in [6.07, 6.45) is 1.50. The van der Waals surface area contributed by atoms with E-state index < -0.39 is 16.0 Å². The second-order valence-electron chi connectivity index (χ2n) is 4.68. The first kappa shape index (κ1) is 14.6. The highest BCUT2D eigenvalue weighted by atomic mass is 32.2. The molecule has 114 valence electrons. The van der Waals surface area contributed by atoms with Gasteiger partial charge in [-0.2, -0.15) is 4.98 Å². The fourth-order valence-electron chi connectivity index (χ4n) is 2.01. The van der Waals surface area contributed by atoms with Gasteiger partial charge in [0, 0.05) is 16.4 Å². The second kappa shape index (κ2) is 6.23. The third-order valence-corrected chi connectivity index (χ3v) is 4.79. The Balaban J connectivity index is 1.73. The Morgan fingerprint density at radius 1 is 1.27 bits per heavy atom. The van der Waals surface area contributed by atoms with Crippen molar-refractivity contribution in [1.29, 1.82) is 0 Å². The molecular formula is C15H13FN2O3S. The Labute approximate surface area is 128 Å². The van der Waals surface area contributed by atoms with Crippen molar-refractivity contribution in [1.82, 2.24) is 10.1 Å². The van der Waals surface area contributed by atoms with Crippen LogP contribution in [0.4, 0.5) is 4.39 Å². The molecule has 22 heavy (non-hydrogen) atoms. The standard InChI is InChI=1S/C15H13FN2O3S/c1-10(11-5-2-3-6-12(11)16)22(19)9-14-17-15(18-21-14)13-7-4-8-20-13/h2-8,10H,9H2,1H3. The molecule has 0 fully saturated rings. The van der Waals surface area contributed by atoms with Crippen LogP contribution in [0.15, 0.2) is 51.6 Å². The van der Waals surface area contributed by atoms with Crippen LogP contribution in [0.3, 0.4) is 0 Å². The summed E-state index contributed by atoms with van der Waals surface area (Å²) in [6.45, 7) is 1.71. The van der Waals surface area contributed by atoms with Crippen LogP contribution in [0.2, 0.25) is 0 Å². The molecule has 0 aliphatic heterocycles. The van der Waals surface area contributed by atoms with Crippen molar-refractivity contribution in [3.8, 4) is 11.6 Å². The average Bonchev–Trinajstić information content (AvgIpc) is 3.17. The van der Waals surface area contributed by atoms with Gasteiger partial charge < -0.3 is 8.94 Å². The zero-order valence-electron chi connectivity index (χ0n) is 11.7. The molecule has 0 N–H and O–H groups in total. The maximum Gasteiger partial charge on any atom is 0.239 e. The van der Waals surface area contributed by atoms with Gasteiger partial charge >= 0.3 is 0 Å². The third kappa shape index (κ3) is 2.99. The first-order chi connectivity index (χ1) is 10.6. The van der Waals surface area contributed by atoms with Crippen molar-refractivity contribution in [2.24, 2.45) is 0 Å². The number of furan rings is 1. The van der Waals surface area contributed by atoms with Gasteiger partial charge in [0.15, 0.2) is 5.76 Å². The predicted octanol–water partition coefficient (Wildman–Crippen LogP) is 3.48. The molecule has 0 aliphatic rings. The van der Waals surface area contributed by atoms with Gasteiger partial charge in [0.05, 0.1) is 11.5 Å². The van der Waals surface area contributed by atoms with Gasteiger partial charge in [-0.05, 0) is 25.1 Å². The minimum Gasteiger partial charge on any atom is -0.461 e. The molecule has 3 rings (SSSR count). The predicted molar refractivity (Wildman–Crippen MR) is 78.7 cm³/mol. The summed E-state index contributed by atoms with van der Waals surface area (Å²) >= 11 is 0. The number of aromatic nitrogens is 2. The number of hydrogen-bond acceptors (Lipinski definition) is 5. The van der Waals surface area contributed by atoms with E-state index >= 15 is 0 Å². The Morgan fingerprint density at radius 2 is 2.09 bits per heavy atom. The van der Waals surface area contributed by atoms with Gasteiger partial charge in [-0.15, -0.1) is 0 Å². The summed E-state index contributed by atoms with van der Waals surface area (Å²) in [7, 11) is -1.38. The van der Waals surface area contributed by atoms with Crippen LogP contribution in [0.25, 0.3) is 11.6 Å². The minimum atomic E-state index is -1.38.